The number of rotatable bonds is 6. The predicted molar refractivity (Wildman–Crippen MR) is 138 cm³/mol. The maximum absolute atomic E-state index is 14.9. The molecule has 3 aromatic rings. The molecule has 0 spiro atoms. The molecule has 3 N–H and O–H groups in total. The molecule has 39 heavy (non-hydrogen) atoms. The number of alkyl halides is 2. The van der Waals surface area contributed by atoms with Gasteiger partial charge in [-0.1, -0.05) is 18.2 Å². The van der Waals surface area contributed by atoms with E-state index in [1.165, 1.54) is 24.0 Å². The Morgan fingerprint density at radius 1 is 1.18 bits per heavy atom. The number of carbonyl (C=O) groups excluding carboxylic acids is 1. The summed E-state index contributed by atoms with van der Waals surface area (Å²) in [6.45, 7) is 5.75. The monoisotopic (exact) mass is 544 g/mol. The van der Waals surface area contributed by atoms with Crippen molar-refractivity contribution in [3.8, 4) is 5.75 Å². The Balaban J connectivity index is 1.55. The zero-order valence-electron chi connectivity index (χ0n) is 22.0. The number of likely N-dealkylation sites (tertiary alicyclic amines) is 1. The smallest absolute Gasteiger partial charge is 0.266 e. The van der Waals surface area contributed by atoms with Crippen molar-refractivity contribution in [3.05, 3.63) is 58.2 Å². The number of aliphatic hydroxyl groups excluding tert-OH is 1. The number of ether oxygens (including phenoxy) is 1. The number of amides is 1. The Morgan fingerprint density at radius 2 is 1.87 bits per heavy atom. The molecule has 208 valence electrons. The van der Waals surface area contributed by atoms with Crippen molar-refractivity contribution >= 4 is 22.6 Å². The van der Waals surface area contributed by atoms with Crippen molar-refractivity contribution in [2.45, 2.75) is 64.2 Å². The lowest BCUT2D eigenvalue weighted by molar-refractivity contribution is -0.143. The Kier molecular flexibility index (Phi) is 7.15. The first-order valence-electron chi connectivity index (χ1n) is 13.0. The zero-order valence-corrected chi connectivity index (χ0v) is 22.0. The lowest BCUT2D eigenvalue weighted by Gasteiger charge is -2.39. The predicted octanol–water partition coefficient (Wildman–Crippen LogP) is 4.31. The molecule has 0 aliphatic carbocycles. The normalized spacial score (nSPS) is 18.1. The number of aryl methyl sites for hydroxylation is 1. The Bertz CT molecular complexity index is 1420. The van der Waals surface area contributed by atoms with Gasteiger partial charge in [0.05, 0.1) is 29.3 Å². The third kappa shape index (κ3) is 4.89. The molecule has 2 aromatic carbocycles. The van der Waals surface area contributed by atoms with Gasteiger partial charge in [-0.25, -0.2) is 23.1 Å². The summed E-state index contributed by atoms with van der Waals surface area (Å²) < 4.78 is 47.5. The van der Waals surface area contributed by atoms with Crippen LogP contribution in [0.25, 0.3) is 10.9 Å². The maximum Gasteiger partial charge on any atom is 0.266 e. The van der Waals surface area contributed by atoms with Gasteiger partial charge in [-0.15, -0.1) is 0 Å². The molecule has 2 aliphatic heterocycles. The quantitative estimate of drug-likeness (QED) is 0.424. The average molecular weight is 545 g/mol. The summed E-state index contributed by atoms with van der Waals surface area (Å²) in [6, 6.07) is 4.99. The van der Waals surface area contributed by atoms with Crippen LogP contribution in [0.5, 0.6) is 5.75 Å². The van der Waals surface area contributed by atoms with Crippen LogP contribution < -0.4 is 10.1 Å². The molecule has 0 radical (unpaired) electrons. The highest BCUT2D eigenvalue weighted by molar-refractivity contribution is 5.94. The van der Waals surface area contributed by atoms with Gasteiger partial charge >= 0.3 is 0 Å². The van der Waals surface area contributed by atoms with E-state index in [4.69, 9.17) is 4.74 Å². The van der Waals surface area contributed by atoms with E-state index in [0.29, 0.717) is 46.9 Å². The van der Waals surface area contributed by atoms with Crippen molar-refractivity contribution in [1.29, 1.82) is 0 Å². The molecule has 11 heteroatoms. The van der Waals surface area contributed by atoms with E-state index in [2.05, 4.69) is 15.3 Å². The SMILES string of the molecule is Cc1nc(N[C@H](C)c2cccc(C(F)F)c2F)c2cc(C3(O)CCN(C(=O)[C@H](C)O)CC3)c3c(c2n1)CCO3. The van der Waals surface area contributed by atoms with E-state index in [1.807, 2.05) is 0 Å². The van der Waals surface area contributed by atoms with Gasteiger partial charge in [0, 0.05) is 41.6 Å². The summed E-state index contributed by atoms with van der Waals surface area (Å²) in [6.07, 6.45) is -3.01. The molecule has 2 atom stereocenters. The number of halogens is 3. The third-order valence-corrected chi connectivity index (χ3v) is 7.62. The highest BCUT2D eigenvalue weighted by Gasteiger charge is 2.40. The van der Waals surface area contributed by atoms with Crippen molar-refractivity contribution in [2.75, 3.05) is 25.0 Å². The van der Waals surface area contributed by atoms with Crippen LogP contribution in [-0.4, -0.2) is 56.8 Å². The van der Waals surface area contributed by atoms with Crippen LogP contribution in [0.3, 0.4) is 0 Å². The molecule has 1 fully saturated rings. The molecule has 0 saturated carbocycles. The molecule has 1 aromatic heterocycles. The third-order valence-electron chi connectivity index (χ3n) is 7.62. The fourth-order valence-corrected chi connectivity index (χ4v) is 5.52. The lowest BCUT2D eigenvalue weighted by atomic mass is 9.82. The minimum Gasteiger partial charge on any atom is -0.492 e. The van der Waals surface area contributed by atoms with E-state index in [9.17, 15) is 28.2 Å². The first kappa shape index (κ1) is 27.1. The first-order valence-corrected chi connectivity index (χ1v) is 13.0. The van der Waals surface area contributed by atoms with Gasteiger partial charge in [0.2, 0.25) is 0 Å². The summed E-state index contributed by atoms with van der Waals surface area (Å²) >= 11 is 0. The molecule has 2 aliphatic rings. The molecular weight excluding hydrogens is 513 g/mol. The molecule has 5 rings (SSSR count). The maximum atomic E-state index is 14.9. The Hall–Kier alpha value is -3.44. The van der Waals surface area contributed by atoms with Crippen LogP contribution in [0, 0.1) is 12.7 Å². The van der Waals surface area contributed by atoms with E-state index in [-0.39, 0.29) is 37.4 Å². The number of nitrogens with one attached hydrogen (secondary N) is 1. The zero-order chi connectivity index (χ0) is 28.1. The summed E-state index contributed by atoms with van der Waals surface area (Å²) in [4.78, 5) is 23.0. The Labute approximate surface area is 223 Å². The number of hydrogen-bond donors (Lipinski definition) is 3. The van der Waals surface area contributed by atoms with Crippen LogP contribution in [-0.2, 0) is 16.8 Å². The molecule has 3 heterocycles. The highest BCUT2D eigenvalue weighted by atomic mass is 19.3. The standard InChI is InChI=1S/C28H31F3N4O4/c1-14(17-5-4-6-18(22(17)29)25(30)31)32-26-20-13-21(24-19(7-12-39-24)23(20)33-16(3)34-26)28(38)8-10-35(11-9-28)27(37)15(2)36/h4-6,13-15,25,36,38H,7-12H2,1-3H3,(H,32,33,34)/t14-,15+/m1/s1. The topological polar surface area (TPSA) is 108 Å². The van der Waals surface area contributed by atoms with Crippen molar-refractivity contribution < 1.29 is 32.9 Å². The number of aromatic nitrogens is 2. The fourth-order valence-electron chi connectivity index (χ4n) is 5.52. The number of nitrogens with zero attached hydrogens (tertiary/aromatic N) is 3. The van der Waals surface area contributed by atoms with Crippen LogP contribution >= 0.6 is 0 Å². The van der Waals surface area contributed by atoms with Gasteiger partial charge < -0.3 is 25.2 Å². The average Bonchev–Trinajstić information content (AvgIpc) is 3.38. The molecule has 8 nitrogen and oxygen atoms in total. The largest absolute Gasteiger partial charge is 0.492 e. The van der Waals surface area contributed by atoms with Gasteiger partial charge in [0.1, 0.15) is 29.3 Å². The van der Waals surface area contributed by atoms with Crippen molar-refractivity contribution in [1.82, 2.24) is 14.9 Å². The van der Waals surface area contributed by atoms with Gasteiger partial charge in [0.25, 0.3) is 12.3 Å². The number of carbonyl (C=O) groups is 1. The number of hydrogen-bond acceptors (Lipinski definition) is 7. The minimum absolute atomic E-state index is 0.0794. The number of piperidine rings is 1. The van der Waals surface area contributed by atoms with Crippen LogP contribution in [0.15, 0.2) is 24.3 Å². The molecule has 1 saturated heterocycles. The second-order valence-corrected chi connectivity index (χ2v) is 10.3. The number of anilines is 1. The van der Waals surface area contributed by atoms with Gasteiger partial charge in [-0.3, -0.25) is 4.79 Å². The fraction of sp³-hybridized carbons (Fsp3) is 0.464. The summed E-state index contributed by atoms with van der Waals surface area (Å²) in [5, 5.41) is 25.2. The second kappa shape index (κ2) is 10.3. The minimum atomic E-state index is -2.94. The number of benzene rings is 2. The second-order valence-electron chi connectivity index (χ2n) is 10.3. The lowest BCUT2D eigenvalue weighted by Crippen LogP contribution is -2.48. The van der Waals surface area contributed by atoms with Crippen molar-refractivity contribution in [2.24, 2.45) is 0 Å². The van der Waals surface area contributed by atoms with Gasteiger partial charge in [0.15, 0.2) is 0 Å². The molecular formula is C28H31F3N4O4. The van der Waals surface area contributed by atoms with Crippen molar-refractivity contribution in [3.63, 3.8) is 0 Å². The summed E-state index contributed by atoms with van der Waals surface area (Å²) in [7, 11) is 0. The van der Waals surface area contributed by atoms with E-state index >= 15 is 0 Å². The Morgan fingerprint density at radius 3 is 2.54 bits per heavy atom. The van der Waals surface area contributed by atoms with Crippen LogP contribution in [0.4, 0.5) is 19.0 Å². The number of aliphatic hydroxyl groups is 2. The van der Waals surface area contributed by atoms with E-state index in [0.717, 1.165) is 11.6 Å². The molecule has 0 bridgehead atoms. The van der Waals surface area contributed by atoms with E-state index in [1.54, 1.807) is 19.9 Å². The molecule has 1 amide bonds. The van der Waals surface area contributed by atoms with Gasteiger partial charge in [-0.05, 0) is 39.7 Å². The first-order chi connectivity index (χ1) is 18.5. The highest BCUT2D eigenvalue weighted by Crippen LogP contribution is 2.46. The molecule has 0 unspecified atom stereocenters. The number of fused-ring (bicyclic) bond motifs is 3. The summed E-state index contributed by atoms with van der Waals surface area (Å²) in [5.41, 5.74) is 0.135. The van der Waals surface area contributed by atoms with E-state index < -0.39 is 35.6 Å². The summed E-state index contributed by atoms with van der Waals surface area (Å²) in [5.74, 6) is 0.0561. The van der Waals surface area contributed by atoms with Gasteiger partial charge in [-0.2, -0.15) is 0 Å². The van der Waals surface area contributed by atoms with Crippen LogP contribution in [0.1, 0.15) is 67.2 Å². The van der Waals surface area contributed by atoms with Crippen LogP contribution in [0.2, 0.25) is 0 Å².